The Morgan fingerprint density at radius 3 is 2.27 bits per heavy atom. The van der Waals surface area contributed by atoms with Crippen LogP contribution in [0, 0.1) is 13.8 Å². The molecule has 0 atom stereocenters. The molecule has 0 aliphatic carbocycles. The van der Waals surface area contributed by atoms with Crippen molar-refractivity contribution in [1.29, 1.82) is 0 Å². The number of hydrogen-bond donors (Lipinski definition) is 0. The molecular weight excluding hydrogens is 270 g/mol. The summed E-state index contributed by atoms with van der Waals surface area (Å²) in [6, 6.07) is 22.0. The molecule has 0 aliphatic rings. The highest BCUT2D eigenvalue weighted by atomic mass is 16.1. The lowest BCUT2D eigenvalue weighted by Crippen LogP contribution is -2.21. The van der Waals surface area contributed by atoms with Crippen LogP contribution in [-0.2, 0) is 6.54 Å². The average Bonchev–Trinajstić information content (AvgIpc) is 2.51. The Labute approximate surface area is 130 Å². The number of nitrogens with zero attached hydrogens (tertiary/aromatic N) is 1. The van der Waals surface area contributed by atoms with Gasteiger partial charge < -0.3 is 4.57 Å². The normalized spacial score (nSPS) is 10.6. The monoisotopic (exact) mass is 289 g/mol. The van der Waals surface area contributed by atoms with Gasteiger partial charge in [-0.2, -0.15) is 0 Å². The molecule has 2 aromatic carbocycles. The summed E-state index contributed by atoms with van der Waals surface area (Å²) in [5.74, 6) is 0. The summed E-state index contributed by atoms with van der Waals surface area (Å²) in [4.78, 5) is 12.3. The summed E-state index contributed by atoms with van der Waals surface area (Å²) >= 11 is 0. The summed E-state index contributed by atoms with van der Waals surface area (Å²) in [5, 5.41) is 0. The van der Waals surface area contributed by atoms with Crippen LogP contribution in [0.1, 0.15) is 16.7 Å². The van der Waals surface area contributed by atoms with E-state index in [1.807, 2.05) is 28.8 Å². The molecule has 110 valence electrons. The molecule has 0 aliphatic heterocycles. The van der Waals surface area contributed by atoms with Crippen molar-refractivity contribution >= 4 is 0 Å². The zero-order valence-electron chi connectivity index (χ0n) is 12.9. The third kappa shape index (κ3) is 3.01. The van der Waals surface area contributed by atoms with Gasteiger partial charge in [-0.15, -0.1) is 0 Å². The van der Waals surface area contributed by atoms with Crippen molar-refractivity contribution < 1.29 is 0 Å². The summed E-state index contributed by atoms with van der Waals surface area (Å²) in [7, 11) is 0. The van der Waals surface area contributed by atoms with Crippen molar-refractivity contribution in [2.75, 3.05) is 0 Å². The first kappa shape index (κ1) is 14.3. The van der Waals surface area contributed by atoms with E-state index in [9.17, 15) is 4.79 Å². The van der Waals surface area contributed by atoms with Gasteiger partial charge in [0.05, 0.1) is 12.2 Å². The third-order valence-electron chi connectivity index (χ3n) is 3.82. The van der Waals surface area contributed by atoms with Gasteiger partial charge >= 0.3 is 0 Å². The number of pyridine rings is 1. The van der Waals surface area contributed by atoms with Crippen molar-refractivity contribution in [1.82, 2.24) is 4.57 Å². The van der Waals surface area contributed by atoms with Crippen LogP contribution in [0.2, 0.25) is 0 Å². The van der Waals surface area contributed by atoms with Crippen LogP contribution in [0.4, 0.5) is 0 Å². The molecule has 0 amide bonds. The summed E-state index contributed by atoms with van der Waals surface area (Å²) in [6.45, 7) is 4.72. The molecule has 0 saturated heterocycles. The Balaban J connectivity index is 2.07. The Morgan fingerprint density at radius 2 is 1.55 bits per heavy atom. The van der Waals surface area contributed by atoms with Crippen LogP contribution < -0.4 is 5.56 Å². The smallest absolute Gasteiger partial charge is 0.251 e. The molecule has 0 unspecified atom stereocenters. The van der Waals surface area contributed by atoms with E-state index in [2.05, 4.69) is 50.2 Å². The molecule has 0 N–H and O–H groups in total. The quantitative estimate of drug-likeness (QED) is 0.709. The molecule has 0 spiro atoms. The molecule has 3 rings (SSSR count). The summed E-state index contributed by atoms with van der Waals surface area (Å²) < 4.78 is 1.83. The lowest BCUT2D eigenvalue weighted by Gasteiger charge is -2.13. The fourth-order valence-corrected chi connectivity index (χ4v) is 2.62. The van der Waals surface area contributed by atoms with Crippen LogP contribution in [0.25, 0.3) is 11.3 Å². The van der Waals surface area contributed by atoms with E-state index in [0.29, 0.717) is 6.54 Å². The van der Waals surface area contributed by atoms with Gasteiger partial charge in [-0.1, -0.05) is 59.7 Å². The highest BCUT2D eigenvalue weighted by molar-refractivity contribution is 5.60. The van der Waals surface area contributed by atoms with Crippen molar-refractivity contribution in [3.63, 3.8) is 0 Å². The highest BCUT2D eigenvalue weighted by Crippen LogP contribution is 2.20. The summed E-state index contributed by atoms with van der Waals surface area (Å²) in [5.41, 5.74) is 5.60. The first-order valence-electron chi connectivity index (χ1n) is 7.46. The van der Waals surface area contributed by atoms with Crippen molar-refractivity contribution in [2.45, 2.75) is 20.4 Å². The second-order valence-corrected chi connectivity index (χ2v) is 5.69. The molecule has 22 heavy (non-hydrogen) atoms. The average molecular weight is 289 g/mol. The van der Waals surface area contributed by atoms with E-state index in [-0.39, 0.29) is 5.56 Å². The maximum atomic E-state index is 12.3. The highest BCUT2D eigenvalue weighted by Gasteiger charge is 2.07. The van der Waals surface area contributed by atoms with Gasteiger partial charge in [0, 0.05) is 6.07 Å². The van der Waals surface area contributed by atoms with Gasteiger partial charge in [-0.25, -0.2) is 0 Å². The lowest BCUT2D eigenvalue weighted by molar-refractivity contribution is 0.768. The van der Waals surface area contributed by atoms with Gasteiger partial charge in [0.25, 0.3) is 5.56 Å². The Kier molecular flexibility index (Phi) is 3.92. The van der Waals surface area contributed by atoms with E-state index in [4.69, 9.17) is 0 Å². The SMILES string of the molecule is Cc1ccc(Cn2c(-c3cccc(C)c3)cccc2=O)cc1. The number of benzene rings is 2. The van der Waals surface area contributed by atoms with Crippen molar-refractivity contribution in [3.05, 3.63) is 93.8 Å². The van der Waals surface area contributed by atoms with Crippen molar-refractivity contribution in [2.24, 2.45) is 0 Å². The lowest BCUT2D eigenvalue weighted by atomic mass is 10.1. The topological polar surface area (TPSA) is 22.0 Å². The minimum Gasteiger partial charge on any atom is -0.304 e. The van der Waals surface area contributed by atoms with Gasteiger partial charge in [-0.3, -0.25) is 4.79 Å². The minimum atomic E-state index is 0.0274. The maximum Gasteiger partial charge on any atom is 0.251 e. The molecule has 0 radical (unpaired) electrons. The van der Waals surface area contributed by atoms with E-state index in [1.165, 1.54) is 11.1 Å². The second kappa shape index (κ2) is 6.02. The van der Waals surface area contributed by atoms with Crippen LogP contribution >= 0.6 is 0 Å². The fraction of sp³-hybridized carbons (Fsp3) is 0.150. The van der Waals surface area contributed by atoms with Crippen molar-refractivity contribution in [3.8, 4) is 11.3 Å². The third-order valence-corrected chi connectivity index (χ3v) is 3.82. The number of aryl methyl sites for hydroxylation is 2. The molecule has 1 aromatic heterocycles. The number of hydrogen-bond acceptors (Lipinski definition) is 1. The molecular formula is C20H19NO. The zero-order valence-corrected chi connectivity index (χ0v) is 12.9. The Bertz CT molecular complexity index is 844. The molecule has 1 heterocycles. The van der Waals surface area contributed by atoms with E-state index in [1.54, 1.807) is 6.07 Å². The van der Waals surface area contributed by atoms with Gasteiger partial charge in [-0.05, 0) is 37.1 Å². The van der Waals surface area contributed by atoms with Crippen LogP contribution in [0.5, 0.6) is 0 Å². The molecule has 0 fully saturated rings. The summed E-state index contributed by atoms with van der Waals surface area (Å²) in [6.07, 6.45) is 0. The van der Waals surface area contributed by atoms with Crippen LogP contribution in [-0.4, -0.2) is 4.57 Å². The van der Waals surface area contributed by atoms with Gasteiger partial charge in [0.1, 0.15) is 0 Å². The van der Waals surface area contributed by atoms with Gasteiger partial charge in [0.15, 0.2) is 0 Å². The standard InChI is InChI=1S/C20H19NO/c1-15-9-11-17(12-10-15)14-21-19(7-4-8-20(21)22)18-6-3-5-16(2)13-18/h3-13H,14H2,1-2H3. The first-order valence-corrected chi connectivity index (χ1v) is 7.46. The first-order chi connectivity index (χ1) is 10.6. The Hall–Kier alpha value is -2.61. The molecule has 3 aromatic rings. The Morgan fingerprint density at radius 1 is 0.818 bits per heavy atom. The number of rotatable bonds is 3. The second-order valence-electron chi connectivity index (χ2n) is 5.69. The van der Waals surface area contributed by atoms with Crippen LogP contribution in [0.3, 0.4) is 0 Å². The minimum absolute atomic E-state index is 0.0274. The van der Waals surface area contributed by atoms with Gasteiger partial charge in [0.2, 0.25) is 0 Å². The predicted molar refractivity (Wildman–Crippen MR) is 91.2 cm³/mol. The molecule has 0 saturated carbocycles. The van der Waals surface area contributed by atoms with Crippen LogP contribution in [0.15, 0.2) is 71.5 Å². The van der Waals surface area contributed by atoms with E-state index >= 15 is 0 Å². The van der Waals surface area contributed by atoms with E-state index < -0.39 is 0 Å². The number of aromatic nitrogens is 1. The largest absolute Gasteiger partial charge is 0.304 e. The predicted octanol–water partition coefficient (Wildman–Crippen LogP) is 4.18. The van der Waals surface area contributed by atoms with E-state index in [0.717, 1.165) is 16.8 Å². The zero-order chi connectivity index (χ0) is 15.5. The molecule has 0 bridgehead atoms. The molecule has 2 heteroatoms. The fourth-order valence-electron chi connectivity index (χ4n) is 2.62. The maximum absolute atomic E-state index is 12.3. The molecule has 2 nitrogen and oxygen atoms in total.